The van der Waals surface area contributed by atoms with Gasteiger partial charge in [0.05, 0.1) is 5.39 Å². The molecular formula is C20H22N4S. The van der Waals surface area contributed by atoms with E-state index >= 15 is 0 Å². The molecule has 4 rings (SSSR count). The van der Waals surface area contributed by atoms with Crippen molar-refractivity contribution in [3.05, 3.63) is 52.8 Å². The summed E-state index contributed by atoms with van der Waals surface area (Å²) in [5, 5.41) is 6.00. The highest BCUT2D eigenvalue weighted by atomic mass is 32.1. The molecular weight excluding hydrogens is 328 g/mol. The topological polar surface area (TPSA) is 53.6 Å². The van der Waals surface area contributed by atoms with Crippen molar-refractivity contribution in [1.82, 2.24) is 15.0 Å². The third-order valence-electron chi connectivity index (χ3n) is 4.52. The number of benzene rings is 1. The summed E-state index contributed by atoms with van der Waals surface area (Å²) in [6.45, 7) is 5.14. The zero-order chi connectivity index (χ0) is 17.2. The summed E-state index contributed by atoms with van der Waals surface area (Å²) in [5.41, 5.74) is 2.53. The van der Waals surface area contributed by atoms with E-state index in [1.54, 1.807) is 11.3 Å². The van der Waals surface area contributed by atoms with Gasteiger partial charge in [-0.15, -0.1) is 11.3 Å². The van der Waals surface area contributed by atoms with E-state index in [4.69, 9.17) is 4.98 Å². The predicted molar refractivity (Wildman–Crippen MR) is 107 cm³/mol. The molecule has 0 radical (unpaired) electrons. The molecule has 0 saturated heterocycles. The van der Waals surface area contributed by atoms with Gasteiger partial charge in [-0.2, -0.15) is 0 Å². The lowest BCUT2D eigenvalue weighted by atomic mass is 10.1. The molecule has 1 aromatic carbocycles. The van der Waals surface area contributed by atoms with Crippen molar-refractivity contribution in [1.29, 1.82) is 0 Å². The Morgan fingerprint density at radius 2 is 1.96 bits per heavy atom. The van der Waals surface area contributed by atoms with E-state index < -0.39 is 0 Å². The molecule has 5 heteroatoms. The highest BCUT2D eigenvalue weighted by molar-refractivity contribution is 7.18. The molecule has 4 nitrogen and oxygen atoms in total. The minimum absolute atomic E-state index is 0.854. The highest BCUT2D eigenvalue weighted by Gasteiger charge is 2.11. The predicted octanol–water partition coefficient (Wildman–Crippen LogP) is 4.95. The average molecular weight is 350 g/mol. The summed E-state index contributed by atoms with van der Waals surface area (Å²) in [4.78, 5) is 15.2. The first-order valence-electron chi connectivity index (χ1n) is 8.86. The Bertz CT molecular complexity index is 1020. The Balaban J connectivity index is 1.56. The van der Waals surface area contributed by atoms with Crippen LogP contribution in [0.15, 0.2) is 36.5 Å². The van der Waals surface area contributed by atoms with Gasteiger partial charge in [-0.05, 0) is 30.5 Å². The van der Waals surface area contributed by atoms with E-state index in [-0.39, 0.29) is 0 Å². The monoisotopic (exact) mass is 350 g/mol. The maximum absolute atomic E-state index is 4.72. The SMILES string of the molecule is CCc1nc(NCCc2c[nH]c3ccccc23)c2cc(CC)sc2n1. The van der Waals surface area contributed by atoms with E-state index in [1.165, 1.54) is 21.3 Å². The van der Waals surface area contributed by atoms with Gasteiger partial charge in [0, 0.05) is 34.9 Å². The molecule has 128 valence electrons. The van der Waals surface area contributed by atoms with E-state index in [1.807, 2.05) is 0 Å². The fourth-order valence-electron chi connectivity index (χ4n) is 3.14. The van der Waals surface area contributed by atoms with Crippen molar-refractivity contribution in [2.24, 2.45) is 0 Å². The normalized spacial score (nSPS) is 11.4. The van der Waals surface area contributed by atoms with Gasteiger partial charge in [-0.1, -0.05) is 32.0 Å². The number of aromatic nitrogens is 3. The summed E-state index contributed by atoms with van der Waals surface area (Å²) in [6, 6.07) is 10.7. The lowest BCUT2D eigenvalue weighted by Gasteiger charge is -2.08. The second-order valence-electron chi connectivity index (χ2n) is 6.16. The van der Waals surface area contributed by atoms with Crippen LogP contribution in [0.5, 0.6) is 0 Å². The van der Waals surface area contributed by atoms with Crippen LogP contribution < -0.4 is 5.32 Å². The quantitative estimate of drug-likeness (QED) is 0.517. The first-order valence-corrected chi connectivity index (χ1v) is 9.68. The van der Waals surface area contributed by atoms with Gasteiger partial charge in [0.2, 0.25) is 0 Å². The van der Waals surface area contributed by atoms with Crippen LogP contribution in [0.1, 0.15) is 30.1 Å². The molecule has 0 saturated carbocycles. The van der Waals surface area contributed by atoms with Crippen molar-refractivity contribution >= 4 is 38.3 Å². The number of aromatic amines is 1. The molecule has 3 heterocycles. The lowest BCUT2D eigenvalue weighted by molar-refractivity contribution is 0.948. The molecule has 0 spiro atoms. The second-order valence-corrected chi connectivity index (χ2v) is 7.28. The van der Waals surface area contributed by atoms with Crippen LogP contribution in [0.4, 0.5) is 5.82 Å². The highest BCUT2D eigenvalue weighted by Crippen LogP contribution is 2.29. The molecule has 0 fully saturated rings. The molecule has 2 N–H and O–H groups in total. The van der Waals surface area contributed by atoms with E-state index in [2.05, 4.69) is 65.7 Å². The van der Waals surface area contributed by atoms with Crippen LogP contribution >= 0.6 is 11.3 Å². The molecule has 0 amide bonds. The molecule has 4 aromatic rings. The van der Waals surface area contributed by atoms with Crippen LogP contribution in [-0.2, 0) is 19.3 Å². The summed E-state index contributed by atoms with van der Waals surface area (Å²) < 4.78 is 0. The molecule has 0 aliphatic carbocycles. The Morgan fingerprint density at radius 1 is 1.08 bits per heavy atom. The number of hydrogen-bond acceptors (Lipinski definition) is 4. The first-order chi connectivity index (χ1) is 12.3. The summed E-state index contributed by atoms with van der Waals surface area (Å²) in [7, 11) is 0. The number of nitrogens with one attached hydrogen (secondary N) is 2. The summed E-state index contributed by atoms with van der Waals surface area (Å²) in [6.07, 6.45) is 4.96. The molecule has 3 aromatic heterocycles. The van der Waals surface area contributed by atoms with E-state index in [0.717, 1.165) is 47.7 Å². The lowest BCUT2D eigenvalue weighted by Crippen LogP contribution is -2.08. The van der Waals surface area contributed by atoms with Gasteiger partial charge in [-0.3, -0.25) is 0 Å². The molecule has 0 atom stereocenters. The number of nitrogens with zero attached hydrogens (tertiary/aromatic N) is 2. The standard InChI is InChI=1S/C20H22N4S/c1-3-14-11-16-19(23-18(4-2)24-20(16)25-14)21-10-9-13-12-22-17-8-6-5-7-15(13)17/h5-8,11-12,22H,3-4,9-10H2,1-2H3,(H,21,23,24). The van der Waals surface area contributed by atoms with Gasteiger partial charge >= 0.3 is 0 Å². The van der Waals surface area contributed by atoms with Crippen molar-refractivity contribution in [2.75, 3.05) is 11.9 Å². The van der Waals surface area contributed by atoms with E-state index in [0.29, 0.717) is 0 Å². The van der Waals surface area contributed by atoms with Crippen LogP contribution in [0.2, 0.25) is 0 Å². The third-order valence-corrected chi connectivity index (χ3v) is 5.69. The van der Waals surface area contributed by atoms with Crippen LogP contribution in [0.25, 0.3) is 21.1 Å². The zero-order valence-corrected chi connectivity index (χ0v) is 15.4. The van der Waals surface area contributed by atoms with Crippen LogP contribution in [0, 0.1) is 0 Å². The van der Waals surface area contributed by atoms with Crippen molar-refractivity contribution < 1.29 is 0 Å². The van der Waals surface area contributed by atoms with Crippen molar-refractivity contribution in [3.8, 4) is 0 Å². The number of thiophene rings is 1. The second kappa shape index (κ2) is 6.84. The number of H-pyrrole nitrogens is 1. The Morgan fingerprint density at radius 3 is 2.80 bits per heavy atom. The number of rotatable bonds is 6. The first kappa shape index (κ1) is 16.1. The molecule has 0 aliphatic rings. The number of hydrogen-bond donors (Lipinski definition) is 2. The molecule has 25 heavy (non-hydrogen) atoms. The number of fused-ring (bicyclic) bond motifs is 2. The van der Waals surface area contributed by atoms with Gasteiger partial charge in [-0.25, -0.2) is 9.97 Å². The molecule has 0 bridgehead atoms. The molecule has 0 aliphatic heterocycles. The average Bonchev–Trinajstić information content (AvgIpc) is 3.25. The number of para-hydroxylation sites is 1. The minimum atomic E-state index is 0.854. The van der Waals surface area contributed by atoms with E-state index in [9.17, 15) is 0 Å². The van der Waals surface area contributed by atoms with Crippen molar-refractivity contribution in [2.45, 2.75) is 33.1 Å². The van der Waals surface area contributed by atoms with Gasteiger partial charge < -0.3 is 10.3 Å². The smallest absolute Gasteiger partial charge is 0.138 e. The zero-order valence-electron chi connectivity index (χ0n) is 14.6. The Labute approximate surface area is 151 Å². The molecule has 0 unspecified atom stereocenters. The fourth-order valence-corrected chi connectivity index (χ4v) is 4.12. The third kappa shape index (κ3) is 3.12. The minimum Gasteiger partial charge on any atom is -0.369 e. The van der Waals surface area contributed by atoms with Crippen molar-refractivity contribution in [3.63, 3.8) is 0 Å². The van der Waals surface area contributed by atoms with Crippen LogP contribution in [0.3, 0.4) is 0 Å². The Hall–Kier alpha value is -2.40. The van der Waals surface area contributed by atoms with Crippen LogP contribution in [-0.4, -0.2) is 21.5 Å². The largest absolute Gasteiger partial charge is 0.369 e. The number of anilines is 1. The maximum Gasteiger partial charge on any atom is 0.138 e. The summed E-state index contributed by atoms with van der Waals surface area (Å²) >= 11 is 1.78. The van der Waals surface area contributed by atoms with Gasteiger partial charge in [0.15, 0.2) is 0 Å². The number of aryl methyl sites for hydroxylation is 2. The Kier molecular flexibility index (Phi) is 4.40. The fraction of sp³-hybridized carbons (Fsp3) is 0.300. The van der Waals surface area contributed by atoms with Gasteiger partial charge in [0.1, 0.15) is 16.5 Å². The summed E-state index contributed by atoms with van der Waals surface area (Å²) in [5.74, 6) is 1.88. The van der Waals surface area contributed by atoms with Gasteiger partial charge in [0.25, 0.3) is 0 Å². The maximum atomic E-state index is 4.72.